The minimum atomic E-state index is -2.11. The van der Waals surface area contributed by atoms with Crippen LogP contribution in [0.3, 0.4) is 0 Å². The van der Waals surface area contributed by atoms with E-state index in [4.69, 9.17) is 5.16 Å². The predicted octanol–water partition coefficient (Wildman–Crippen LogP) is 3.15. The van der Waals surface area contributed by atoms with Crippen molar-refractivity contribution >= 4 is 30.1 Å². The maximum Gasteiger partial charge on any atom is 0.129 e. The largest absolute Gasteiger partial charge is 0.286 e. The van der Waals surface area contributed by atoms with E-state index < -0.39 is 5.61 Å². The fourth-order valence-corrected chi connectivity index (χ4v) is 4.30. The number of rotatable bonds is 2. The van der Waals surface area contributed by atoms with Crippen molar-refractivity contribution in [2.75, 3.05) is 0 Å². The van der Waals surface area contributed by atoms with Gasteiger partial charge in [-0.05, 0) is 31.1 Å². The number of fused-ring (bicyclic) bond motifs is 2. The van der Waals surface area contributed by atoms with Crippen molar-refractivity contribution in [3.05, 3.63) is 0 Å². The van der Waals surface area contributed by atoms with E-state index >= 15 is 0 Å². The first-order valence-corrected chi connectivity index (χ1v) is 8.51. The Kier molecular flexibility index (Phi) is 2.54. The fraction of sp³-hybridized carbons (Fsp3) is 1.00. The lowest BCUT2D eigenvalue weighted by Crippen LogP contribution is -2.29. The van der Waals surface area contributed by atoms with E-state index in [0.717, 1.165) is 11.8 Å². The second kappa shape index (κ2) is 3.23. The third kappa shape index (κ3) is 2.03. The maximum atomic E-state index is 7.61. The van der Waals surface area contributed by atoms with Crippen molar-refractivity contribution in [1.29, 1.82) is 5.16 Å². The van der Waals surface area contributed by atoms with Crippen molar-refractivity contribution < 1.29 is 0 Å². The first-order valence-electron chi connectivity index (χ1n) is 4.42. The van der Waals surface area contributed by atoms with Crippen LogP contribution < -0.4 is 5.09 Å². The van der Waals surface area contributed by atoms with Crippen LogP contribution in [0.2, 0.25) is 0 Å². The van der Waals surface area contributed by atoms with E-state index in [1.165, 1.54) is 25.7 Å². The van der Waals surface area contributed by atoms with Crippen molar-refractivity contribution in [2.24, 2.45) is 11.8 Å². The third-order valence-electron chi connectivity index (χ3n) is 3.08. The molecule has 12 heavy (non-hydrogen) atoms. The molecule has 3 atom stereocenters. The summed E-state index contributed by atoms with van der Waals surface area (Å²) >= 11 is 8.31. The Balaban J connectivity index is 1.95. The summed E-state index contributed by atoms with van der Waals surface area (Å²) in [6, 6.07) is 0.546. The molecule has 0 aromatic rings. The first-order chi connectivity index (χ1) is 5.54. The highest BCUT2D eigenvalue weighted by molar-refractivity contribution is 8.80. The highest BCUT2D eigenvalue weighted by atomic mass is 33.1. The summed E-state index contributed by atoms with van der Waals surface area (Å²) in [5.74, 6) is 1.75. The third-order valence-corrected chi connectivity index (χ3v) is 4.47. The molecule has 2 saturated carbocycles. The van der Waals surface area contributed by atoms with Gasteiger partial charge in [0.2, 0.25) is 0 Å². The molecule has 2 aliphatic rings. The van der Waals surface area contributed by atoms with Crippen LogP contribution in [0.25, 0.3) is 0 Å². The first kappa shape index (κ1) is 9.45. The Morgan fingerprint density at radius 1 is 1.25 bits per heavy atom. The summed E-state index contributed by atoms with van der Waals surface area (Å²) in [4.78, 5) is 0. The average molecular weight is 222 g/mol. The topological polar surface area (TPSA) is 35.9 Å². The van der Waals surface area contributed by atoms with Crippen molar-refractivity contribution in [2.45, 2.75) is 31.7 Å². The standard InChI is InChI=1S/C7H15N2PS2/c8-10(11,12)9-7-4-5-1-2-6(7)3-5/h5-7H,1-4H2,(H4,8,9,11,12). The Morgan fingerprint density at radius 3 is 2.42 bits per heavy atom. The Morgan fingerprint density at radius 2 is 2.00 bits per heavy atom. The summed E-state index contributed by atoms with van der Waals surface area (Å²) in [6.45, 7) is 0. The van der Waals surface area contributed by atoms with E-state index in [1.807, 2.05) is 0 Å². The highest BCUT2D eigenvalue weighted by Gasteiger charge is 2.40. The smallest absolute Gasteiger partial charge is 0.129 e. The Labute approximate surface area is 84.1 Å². The van der Waals surface area contributed by atoms with Crippen molar-refractivity contribution in [3.63, 3.8) is 0 Å². The van der Waals surface area contributed by atoms with Crippen LogP contribution in [-0.2, 0) is 0 Å². The highest BCUT2D eigenvalue weighted by Crippen LogP contribution is 2.55. The van der Waals surface area contributed by atoms with E-state index in [9.17, 15) is 0 Å². The van der Waals surface area contributed by atoms with Gasteiger partial charge in [0.25, 0.3) is 0 Å². The second-order valence-corrected chi connectivity index (χ2v) is 10.0. The molecule has 0 aromatic carbocycles. The molecule has 2 aliphatic carbocycles. The molecule has 2 nitrogen and oxygen atoms in total. The molecule has 5 heteroatoms. The van der Waals surface area contributed by atoms with Gasteiger partial charge in [-0.1, -0.05) is 6.42 Å². The average Bonchev–Trinajstić information content (AvgIpc) is 2.42. The summed E-state index contributed by atoms with van der Waals surface area (Å²) in [7, 11) is 0. The van der Waals surface area contributed by atoms with Crippen LogP contribution >= 0.6 is 30.1 Å². The summed E-state index contributed by atoms with van der Waals surface area (Å²) in [6.07, 6.45) is 5.39. The van der Waals surface area contributed by atoms with Gasteiger partial charge < -0.3 is 0 Å². The molecule has 2 bridgehead atoms. The lowest BCUT2D eigenvalue weighted by atomic mass is 9.96. The van der Waals surface area contributed by atoms with Gasteiger partial charge in [-0.25, -0.2) is 0 Å². The predicted molar refractivity (Wildman–Crippen MR) is 60.0 cm³/mol. The van der Waals surface area contributed by atoms with Crippen LogP contribution in [0.15, 0.2) is 0 Å². The van der Waals surface area contributed by atoms with Gasteiger partial charge in [-0.2, -0.15) is 0 Å². The zero-order valence-corrected chi connectivity index (χ0v) is 9.59. The van der Waals surface area contributed by atoms with Crippen LogP contribution in [-0.4, -0.2) is 6.04 Å². The molecule has 70 valence electrons. The minimum absolute atomic E-state index is 0.546. The molecule has 0 aromatic heterocycles. The second-order valence-electron chi connectivity index (χ2n) is 4.01. The lowest BCUT2D eigenvalue weighted by Gasteiger charge is -2.25. The minimum Gasteiger partial charge on any atom is -0.286 e. The molecule has 2 N–H and O–H groups in total. The van der Waals surface area contributed by atoms with E-state index in [1.54, 1.807) is 0 Å². The Hall–Kier alpha value is 0.890. The molecule has 3 unspecified atom stereocenters. The molecular weight excluding hydrogens is 207 g/mol. The monoisotopic (exact) mass is 222 g/mol. The molecule has 0 spiro atoms. The summed E-state index contributed by atoms with van der Waals surface area (Å²) in [5.41, 5.74) is -2.11. The lowest BCUT2D eigenvalue weighted by molar-refractivity contribution is 0.398. The molecule has 2 rings (SSSR count). The zero-order chi connectivity index (χ0) is 8.77. The van der Waals surface area contributed by atoms with Gasteiger partial charge in [0.15, 0.2) is 0 Å². The molecule has 0 amide bonds. The van der Waals surface area contributed by atoms with E-state index in [2.05, 4.69) is 29.6 Å². The van der Waals surface area contributed by atoms with Gasteiger partial charge in [0, 0.05) is 6.04 Å². The normalized spacial score (nSPS) is 40.7. The zero-order valence-electron chi connectivity index (χ0n) is 6.90. The van der Waals surface area contributed by atoms with Gasteiger partial charge in [-0.3, -0.25) is 10.2 Å². The number of thiol groups is 2. The number of hydrogen-bond donors (Lipinski definition) is 4. The molecule has 0 radical (unpaired) electrons. The SMILES string of the molecule is N=P(S)(S)NC1CC2CCC1C2. The molecule has 0 aliphatic heterocycles. The number of hydrogen-bond acceptors (Lipinski definition) is 1. The number of nitrogens with one attached hydrogen (secondary N) is 2. The molecule has 2 fully saturated rings. The van der Waals surface area contributed by atoms with Crippen LogP contribution in [0, 0.1) is 17.0 Å². The summed E-state index contributed by atoms with van der Waals surface area (Å²) < 4.78 is 0. The quantitative estimate of drug-likeness (QED) is 0.420. The maximum absolute atomic E-state index is 7.61. The van der Waals surface area contributed by atoms with Gasteiger partial charge in [-0.15, -0.1) is 24.5 Å². The van der Waals surface area contributed by atoms with Crippen LogP contribution in [0.5, 0.6) is 0 Å². The summed E-state index contributed by atoms with van der Waals surface area (Å²) in [5, 5.41) is 10.9. The van der Waals surface area contributed by atoms with Crippen molar-refractivity contribution in [3.8, 4) is 0 Å². The molecular formula is C7H15N2PS2. The van der Waals surface area contributed by atoms with E-state index in [0.29, 0.717) is 6.04 Å². The van der Waals surface area contributed by atoms with Crippen LogP contribution in [0.4, 0.5) is 0 Å². The van der Waals surface area contributed by atoms with E-state index in [-0.39, 0.29) is 0 Å². The van der Waals surface area contributed by atoms with Crippen molar-refractivity contribution in [1.82, 2.24) is 5.09 Å². The molecule has 0 heterocycles. The van der Waals surface area contributed by atoms with Crippen LogP contribution in [0.1, 0.15) is 25.7 Å². The molecule has 0 saturated heterocycles. The van der Waals surface area contributed by atoms with Gasteiger partial charge >= 0.3 is 0 Å². The Bertz CT molecular complexity index is 227. The van der Waals surface area contributed by atoms with Gasteiger partial charge in [0.1, 0.15) is 5.61 Å². The van der Waals surface area contributed by atoms with Gasteiger partial charge in [0.05, 0.1) is 0 Å². The fourth-order valence-electron chi connectivity index (χ4n) is 2.63.